The Morgan fingerprint density at radius 1 is 1.30 bits per heavy atom. The molecule has 0 saturated carbocycles. The minimum atomic E-state index is -0.00225. The maximum absolute atomic E-state index is 12.0. The van der Waals surface area contributed by atoms with Gasteiger partial charge < -0.3 is 15.4 Å². The van der Waals surface area contributed by atoms with Crippen LogP contribution in [0.25, 0.3) is 0 Å². The Morgan fingerprint density at radius 3 is 2.78 bits per heavy atom. The van der Waals surface area contributed by atoms with Crippen LogP contribution in [0.5, 0.6) is 11.6 Å². The fourth-order valence-electron chi connectivity index (χ4n) is 2.50. The van der Waals surface area contributed by atoms with Gasteiger partial charge in [0.1, 0.15) is 5.75 Å². The van der Waals surface area contributed by atoms with Gasteiger partial charge in [-0.3, -0.25) is 4.79 Å². The lowest BCUT2D eigenvalue weighted by molar-refractivity contribution is -0.116. The molecule has 1 unspecified atom stereocenters. The van der Waals surface area contributed by atoms with Crippen LogP contribution in [0.1, 0.15) is 19.3 Å². The Bertz CT molecular complexity index is 653. The second kappa shape index (κ2) is 7.44. The van der Waals surface area contributed by atoms with Crippen molar-refractivity contribution in [3.8, 4) is 11.6 Å². The summed E-state index contributed by atoms with van der Waals surface area (Å²) >= 11 is 5.83. The molecule has 1 saturated heterocycles. The average molecular weight is 332 g/mol. The molecule has 23 heavy (non-hydrogen) atoms. The molecule has 0 spiro atoms. The van der Waals surface area contributed by atoms with E-state index in [1.54, 1.807) is 42.6 Å². The molecule has 3 rings (SSSR count). The van der Waals surface area contributed by atoms with Gasteiger partial charge in [-0.1, -0.05) is 11.6 Å². The summed E-state index contributed by atoms with van der Waals surface area (Å²) in [4.78, 5) is 16.1. The van der Waals surface area contributed by atoms with Gasteiger partial charge in [-0.2, -0.15) is 0 Å². The predicted octanol–water partition coefficient (Wildman–Crippen LogP) is 3.61. The van der Waals surface area contributed by atoms with Crippen molar-refractivity contribution in [3.05, 3.63) is 47.6 Å². The number of amides is 1. The van der Waals surface area contributed by atoms with Crippen LogP contribution in [0.2, 0.25) is 5.02 Å². The van der Waals surface area contributed by atoms with Gasteiger partial charge in [0.15, 0.2) is 0 Å². The molecular weight excluding hydrogens is 314 g/mol. The fraction of sp³-hybridized carbons (Fsp3) is 0.294. The molecule has 2 aromatic rings. The quantitative estimate of drug-likeness (QED) is 0.878. The number of pyridine rings is 1. The summed E-state index contributed by atoms with van der Waals surface area (Å²) < 4.78 is 5.61. The number of carbonyl (C=O) groups excluding carboxylic acids is 1. The third-order valence-electron chi connectivity index (χ3n) is 3.65. The van der Waals surface area contributed by atoms with Crippen LogP contribution in [0, 0.1) is 0 Å². The molecule has 1 aromatic heterocycles. The number of ether oxygens (including phenoxy) is 1. The molecule has 1 aliphatic rings. The zero-order chi connectivity index (χ0) is 16.1. The molecular formula is C17H18ClN3O2. The first kappa shape index (κ1) is 15.8. The molecule has 0 aliphatic carbocycles. The number of rotatable bonds is 5. The van der Waals surface area contributed by atoms with E-state index in [0.29, 0.717) is 28.8 Å². The molecule has 2 N–H and O–H groups in total. The highest BCUT2D eigenvalue weighted by molar-refractivity contribution is 6.30. The SMILES string of the molecule is O=C(CC1CCCN1)Nc1ccc(Oc2ccc(Cl)cc2)nc1. The van der Waals surface area contributed by atoms with Gasteiger partial charge in [-0.15, -0.1) is 0 Å². The van der Waals surface area contributed by atoms with Crippen molar-refractivity contribution in [1.82, 2.24) is 10.3 Å². The number of benzene rings is 1. The van der Waals surface area contributed by atoms with Gasteiger partial charge >= 0.3 is 0 Å². The van der Waals surface area contributed by atoms with Crippen molar-refractivity contribution in [2.75, 3.05) is 11.9 Å². The van der Waals surface area contributed by atoms with E-state index in [4.69, 9.17) is 16.3 Å². The Labute approximate surface area is 140 Å². The number of nitrogens with one attached hydrogen (secondary N) is 2. The van der Waals surface area contributed by atoms with E-state index in [1.165, 1.54) is 0 Å². The second-order valence-electron chi connectivity index (χ2n) is 5.49. The van der Waals surface area contributed by atoms with E-state index in [2.05, 4.69) is 15.6 Å². The van der Waals surface area contributed by atoms with Crippen molar-refractivity contribution in [2.24, 2.45) is 0 Å². The van der Waals surface area contributed by atoms with Crippen molar-refractivity contribution < 1.29 is 9.53 Å². The van der Waals surface area contributed by atoms with Gasteiger partial charge in [-0.25, -0.2) is 4.98 Å². The summed E-state index contributed by atoms with van der Waals surface area (Å²) in [6.07, 6.45) is 4.27. The van der Waals surface area contributed by atoms with E-state index in [0.717, 1.165) is 19.4 Å². The van der Waals surface area contributed by atoms with E-state index in [9.17, 15) is 4.79 Å². The van der Waals surface area contributed by atoms with Crippen LogP contribution in [0.15, 0.2) is 42.6 Å². The zero-order valence-electron chi connectivity index (χ0n) is 12.6. The number of carbonyl (C=O) groups is 1. The highest BCUT2D eigenvalue weighted by Gasteiger charge is 2.17. The van der Waals surface area contributed by atoms with Crippen LogP contribution in [0.4, 0.5) is 5.69 Å². The summed E-state index contributed by atoms with van der Waals surface area (Å²) in [6, 6.07) is 10.8. The highest BCUT2D eigenvalue weighted by Crippen LogP contribution is 2.22. The number of hydrogen-bond donors (Lipinski definition) is 2. The Morgan fingerprint density at radius 2 is 2.13 bits per heavy atom. The van der Waals surface area contributed by atoms with Crippen LogP contribution in [-0.4, -0.2) is 23.5 Å². The monoisotopic (exact) mass is 331 g/mol. The third kappa shape index (κ3) is 4.68. The molecule has 5 nitrogen and oxygen atoms in total. The van der Waals surface area contributed by atoms with E-state index < -0.39 is 0 Å². The summed E-state index contributed by atoms with van der Waals surface area (Å²) in [7, 11) is 0. The lowest BCUT2D eigenvalue weighted by Gasteiger charge is -2.10. The minimum Gasteiger partial charge on any atom is -0.439 e. The summed E-state index contributed by atoms with van der Waals surface area (Å²) in [5.41, 5.74) is 0.663. The smallest absolute Gasteiger partial charge is 0.225 e. The lowest BCUT2D eigenvalue weighted by atomic mass is 10.1. The van der Waals surface area contributed by atoms with Gasteiger partial charge in [0.05, 0.1) is 11.9 Å². The first-order valence-corrected chi connectivity index (χ1v) is 7.99. The zero-order valence-corrected chi connectivity index (χ0v) is 13.3. The summed E-state index contributed by atoms with van der Waals surface area (Å²) in [6.45, 7) is 0.996. The molecule has 1 aliphatic heterocycles. The first-order chi connectivity index (χ1) is 11.2. The first-order valence-electron chi connectivity index (χ1n) is 7.62. The number of hydrogen-bond acceptors (Lipinski definition) is 4. The summed E-state index contributed by atoms with van der Waals surface area (Å²) in [5, 5.41) is 6.81. The third-order valence-corrected chi connectivity index (χ3v) is 3.90. The molecule has 1 aromatic carbocycles. The molecule has 1 fully saturated rings. The normalized spacial score (nSPS) is 17.0. The maximum atomic E-state index is 12.0. The molecule has 1 amide bonds. The van der Waals surface area contributed by atoms with Crippen LogP contribution in [-0.2, 0) is 4.79 Å². The van der Waals surface area contributed by atoms with Crippen molar-refractivity contribution in [2.45, 2.75) is 25.3 Å². The minimum absolute atomic E-state index is 0.00225. The van der Waals surface area contributed by atoms with Gasteiger partial charge in [-0.05, 0) is 49.7 Å². The summed E-state index contributed by atoms with van der Waals surface area (Å²) in [5.74, 6) is 1.12. The lowest BCUT2D eigenvalue weighted by Crippen LogP contribution is -2.27. The fourth-order valence-corrected chi connectivity index (χ4v) is 2.63. The van der Waals surface area contributed by atoms with Gasteiger partial charge in [0, 0.05) is 23.6 Å². The number of halogens is 1. The molecule has 0 bridgehead atoms. The Kier molecular flexibility index (Phi) is 5.10. The van der Waals surface area contributed by atoms with Crippen molar-refractivity contribution in [3.63, 3.8) is 0 Å². The highest BCUT2D eigenvalue weighted by atomic mass is 35.5. The molecule has 1 atom stereocenters. The van der Waals surface area contributed by atoms with E-state index in [-0.39, 0.29) is 11.9 Å². The van der Waals surface area contributed by atoms with Crippen LogP contribution >= 0.6 is 11.6 Å². The Hall–Kier alpha value is -2.11. The van der Waals surface area contributed by atoms with Crippen molar-refractivity contribution in [1.29, 1.82) is 0 Å². The van der Waals surface area contributed by atoms with E-state index >= 15 is 0 Å². The number of anilines is 1. The van der Waals surface area contributed by atoms with Gasteiger partial charge in [0.25, 0.3) is 0 Å². The van der Waals surface area contributed by atoms with Crippen LogP contribution in [0.3, 0.4) is 0 Å². The molecule has 0 radical (unpaired) electrons. The molecule has 6 heteroatoms. The number of nitrogens with zero attached hydrogens (tertiary/aromatic N) is 1. The average Bonchev–Trinajstić information content (AvgIpc) is 3.04. The maximum Gasteiger partial charge on any atom is 0.225 e. The molecule has 120 valence electrons. The predicted molar refractivity (Wildman–Crippen MR) is 90.0 cm³/mol. The van der Waals surface area contributed by atoms with E-state index in [1.807, 2.05) is 0 Å². The van der Waals surface area contributed by atoms with Crippen LogP contribution < -0.4 is 15.4 Å². The largest absolute Gasteiger partial charge is 0.439 e. The Balaban J connectivity index is 1.54. The van der Waals surface area contributed by atoms with Crippen molar-refractivity contribution >= 4 is 23.2 Å². The number of aromatic nitrogens is 1. The molecule has 2 heterocycles. The second-order valence-corrected chi connectivity index (χ2v) is 5.92. The standard InChI is InChI=1S/C17H18ClN3O2/c18-12-3-6-15(7-4-12)23-17-8-5-14(11-20-17)21-16(22)10-13-2-1-9-19-13/h3-8,11,13,19H,1-2,9-10H2,(H,21,22). The topological polar surface area (TPSA) is 63.2 Å². The van der Waals surface area contributed by atoms with Gasteiger partial charge in [0.2, 0.25) is 11.8 Å².